The average molecular weight is 160 g/mol. The molecule has 2 N–H and O–H groups in total. The number of nitrogens with two attached hydrogens (primary N) is 1. The molecule has 0 aliphatic rings. The number of nitrogens with zero attached hydrogens (tertiary/aromatic N) is 4. The number of anilines is 1. The number of aromatic nitrogens is 4. The summed E-state index contributed by atoms with van der Waals surface area (Å²) in [6.45, 7) is 0. The molecule has 0 spiro atoms. The van der Waals surface area contributed by atoms with Crippen LogP contribution in [0.15, 0.2) is 24.3 Å². The highest BCUT2D eigenvalue weighted by Gasteiger charge is 1.96. The number of tetrazole rings is 1. The van der Waals surface area contributed by atoms with Crippen molar-refractivity contribution in [1.29, 1.82) is 0 Å². The lowest BCUT2D eigenvalue weighted by molar-refractivity contribution is 0.787. The van der Waals surface area contributed by atoms with Gasteiger partial charge < -0.3 is 5.73 Å². The summed E-state index contributed by atoms with van der Waals surface area (Å²) in [5, 5.41) is 10.5. The van der Waals surface area contributed by atoms with E-state index in [0.717, 1.165) is 5.69 Å². The molecule has 0 unspecified atom stereocenters. The fourth-order valence-electron chi connectivity index (χ4n) is 0.908. The fourth-order valence-corrected chi connectivity index (χ4v) is 0.908. The zero-order chi connectivity index (χ0) is 8.39. The number of rotatable bonds is 1. The molecule has 59 valence electrons. The average Bonchev–Trinajstić information content (AvgIpc) is 2.56. The van der Waals surface area contributed by atoms with Gasteiger partial charge in [-0.05, 0) is 28.6 Å². The predicted octanol–water partition coefficient (Wildman–Crippen LogP) is 0.0447. The highest BCUT2D eigenvalue weighted by atomic mass is 15.5. The molecule has 0 saturated carbocycles. The number of hydrogen-bond acceptors (Lipinski definition) is 4. The van der Waals surface area contributed by atoms with E-state index < -0.39 is 0 Å². The van der Waals surface area contributed by atoms with E-state index in [9.17, 15) is 0 Å². The Morgan fingerprint density at radius 2 is 2.33 bits per heavy atom. The van der Waals surface area contributed by atoms with Gasteiger partial charge in [0.15, 0.2) is 0 Å². The van der Waals surface area contributed by atoms with Crippen LogP contribution in [0.2, 0.25) is 0 Å². The minimum Gasteiger partial charge on any atom is -0.399 e. The van der Waals surface area contributed by atoms with Crippen LogP contribution >= 0.6 is 0 Å². The molecular weight excluding hydrogens is 154 g/mol. The maximum atomic E-state index is 5.57. The molecule has 5 heteroatoms. The van der Waals surface area contributed by atoms with Crippen molar-refractivity contribution in [1.82, 2.24) is 20.2 Å². The van der Waals surface area contributed by atoms with Crippen LogP contribution in [0.25, 0.3) is 5.69 Å². The standard InChI is InChI=1S/C7H6N5/c8-6-2-1-3-7(4-6)12-5-9-10-11-12/h1-4H,8H2. The Labute approximate surface area is 68.8 Å². The lowest BCUT2D eigenvalue weighted by Crippen LogP contribution is -1.96. The number of hydrogen-bond donors (Lipinski definition) is 1. The molecule has 12 heavy (non-hydrogen) atoms. The van der Waals surface area contributed by atoms with Crippen molar-refractivity contribution >= 4 is 5.69 Å². The van der Waals surface area contributed by atoms with Crippen LogP contribution in [0, 0.1) is 6.33 Å². The monoisotopic (exact) mass is 160 g/mol. The van der Waals surface area contributed by atoms with E-state index in [4.69, 9.17) is 5.73 Å². The van der Waals surface area contributed by atoms with E-state index in [1.54, 1.807) is 12.1 Å². The highest BCUT2D eigenvalue weighted by molar-refractivity contribution is 5.46. The molecule has 0 aliphatic carbocycles. The molecule has 0 fully saturated rings. The zero-order valence-corrected chi connectivity index (χ0v) is 6.18. The predicted molar refractivity (Wildman–Crippen MR) is 42.4 cm³/mol. The Morgan fingerprint density at radius 1 is 1.42 bits per heavy atom. The first-order valence-corrected chi connectivity index (χ1v) is 3.38. The molecule has 0 amide bonds. The van der Waals surface area contributed by atoms with Crippen molar-refractivity contribution in [2.24, 2.45) is 0 Å². The maximum absolute atomic E-state index is 5.57. The van der Waals surface area contributed by atoms with Crippen LogP contribution < -0.4 is 5.73 Å². The Hall–Kier alpha value is -1.91. The second-order valence-corrected chi connectivity index (χ2v) is 2.29. The fraction of sp³-hybridized carbons (Fsp3) is 0. The van der Waals surface area contributed by atoms with Crippen molar-refractivity contribution in [3.8, 4) is 5.69 Å². The van der Waals surface area contributed by atoms with E-state index in [2.05, 4.69) is 21.9 Å². The molecule has 1 heterocycles. The van der Waals surface area contributed by atoms with Crippen molar-refractivity contribution in [3.63, 3.8) is 0 Å². The maximum Gasteiger partial charge on any atom is 0.226 e. The van der Waals surface area contributed by atoms with Crippen LogP contribution in [0.3, 0.4) is 0 Å². The summed E-state index contributed by atoms with van der Waals surface area (Å²) in [6, 6.07) is 7.25. The number of nitrogen functional groups attached to an aromatic ring is 1. The third-order valence-corrected chi connectivity index (χ3v) is 1.43. The Balaban J connectivity index is 2.48. The van der Waals surface area contributed by atoms with Gasteiger partial charge in [0.05, 0.1) is 5.69 Å². The lowest BCUT2D eigenvalue weighted by atomic mass is 10.3. The van der Waals surface area contributed by atoms with Gasteiger partial charge in [-0.2, -0.15) is 4.68 Å². The third-order valence-electron chi connectivity index (χ3n) is 1.43. The van der Waals surface area contributed by atoms with Crippen LogP contribution in [-0.2, 0) is 0 Å². The second-order valence-electron chi connectivity index (χ2n) is 2.29. The van der Waals surface area contributed by atoms with E-state index in [0.29, 0.717) is 5.69 Å². The van der Waals surface area contributed by atoms with Crippen LogP contribution in [0.1, 0.15) is 0 Å². The molecule has 1 radical (unpaired) electrons. The summed E-state index contributed by atoms with van der Waals surface area (Å²) in [4.78, 5) is 0. The van der Waals surface area contributed by atoms with E-state index >= 15 is 0 Å². The van der Waals surface area contributed by atoms with Crippen molar-refractivity contribution in [2.45, 2.75) is 0 Å². The Morgan fingerprint density at radius 3 is 3.00 bits per heavy atom. The molecule has 1 aromatic heterocycles. The van der Waals surface area contributed by atoms with Crippen LogP contribution in [0.4, 0.5) is 5.69 Å². The normalized spacial score (nSPS) is 10.0. The van der Waals surface area contributed by atoms with E-state index in [-0.39, 0.29) is 0 Å². The van der Waals surface area contributed by atoms with E-state index in [1.807, 2.05) is 12.1 Å². The van der Waals surface area contributed by atoms with Crippen molar-refractivity contribution in [2.75, 3.05) is 5.73 Å². The van der Waals surface area contributed by atoms with Gasteiger partial charge in [-0.1, -0.05) is 6.07 Å². The van der Waals surface area contributed by atoms with Gasteiger partial charge in [0, 0.05) is 5.69 Å². The third kappa shape index (κ3) is 1.12. The first-order valence-electron chi connectivity index (χ1n) is 3.38. The molecule has 5 nitrogen and oxygen atoms in total. The summed E-state index contributed by atoms with van der Waals surface area (Å²) in [7, 11) is 0. The van der Waals surface area contributed by atoms with Crippen LogP contribution in [-0.4, -0.2) is 20.2 Å². The molecule has 0 aliphatic heterocycles. The largest absolute Gasteiger partial charge is 0.399 e. The molecule has 0 atom stereocenters. The van der Waals surface area contributed by atoms with Gasteiger partial charge in [0.2, 0.25) is 6.33 Å². The highest BCUT2D eigenvalue weighted by Crippen LogP contribution is 2.08. The lowest BCUT2D eigenvalue weighted by Gasteiger charge is -1.98. The molecule has 0 bridgehead atoms. The molecule has 1 aromatic carbocycles. The van der Waals surface area contributed by atoms with Gasteiger partial charge in [-0.15, -0.1) is 5.10 Å². The summed E-state index contributed by atoms with van der Waals surface area (Å²) in [5.41, 5.74) is 7.05. The smallest absolute Gasteiger partial charge is 0.226 e. The Bertz CT molecular complexity index is 367. The van der Waals surface area contributed by atoms with Gasteiger partial charge in [0.1, 0.15) is 0 Å². The molecular formula is C7H6N5. The molecule has 2 rings (SSSR count). The molecule has 0 saturated heterocycles. The minimum absolute atomic E-state index is 0.677. The molecule has 2 aromatic rings. The van der Waals surface area contributed by atoms with Crippen molar-refractivity contribution in [3.05, 3.63) is 30.6 Å². The first-order chi connectivity index (χ1) is 5.86. The summed E-state index contributed by atoms with van der Waals surface area (Å²) >= 11 is 0. The van der Waals surface area contributed by atoms with Gasteiger partial charge in [0.25, 0.3) is 0 Å². The zero-order valence-electron chi connectivity index (χ0n) is 6.18. The summed E-state index contributed by atoms with van der Waals surface area (Å²) in [5.74, 6) is 0. The van der Waals surface area contributed by atoms with Gasteiger partial charge >= 0.3 is 0 Å². The Kier molecular flexibility index (Phi) is 1.48. The minimum atomic E-state index is 0.677. The van der Waals surface area contributed by atoms with E-state index in [1.165, 1.54) is 4.68 Å². The summed E-state index contributed by atoms with van der Waals surface area (Å²) < 4.78 is 1.43. The van der Waals surface area contributed by atoms with Crippen LogP contribution in [0.5, 0.6) is 0 Å². The van der Waals surface area contributed by atoms with Gasteiger partial charge in [-0.25, -0.2) is 0 Å². The van der Waals surface area contributed by atoms with Crippen molar-refractivity contribution < 1.29 is 0 Å². The van der Waals surface area contributed by atoms with Gasteiger partial charge in [-0.3, -0.25) is 0 Å². The number of benzene rings is 1. The first kappa shape index (κ1) is 6.78. The topological polar surface area (TPSA) is 69.6 Å². The quantitative estimate of drug-likeness (QED) is 0.598. The second kappa shape index (κ2) is 2.61. The SMILES string of the molecule is Nc1cccc(-n2[c]nnn2)c1. The summed E-state index contributed by atoms with van der Waals surface area (Å²) in [6.07, 6.45) is 2.57.